The van der Waals surface area contributed by atoms with E-state index in [1.807, 2.05) is 35.7 Å². The van der Waals surface area contributed by atoms with E-state index in [9.17, 15) is 10.4 Å². The molecule has 0 amide bonds. The molecule has 0 bridgehead atoms. The van der Waals surface area contributed by atoms with Crippen molar-refractivity contribution in [1.82, 2.24) is 4.98 Å². The van der Waals surface area contributed by atoms with E-state index >= 15 is 0 Å². The smallest absolute Gasteiger partial charge is 0.168 e. The molecule has 1 heterocycles. The van der Waals surface area contributed by atoms with Gasteiger partial charge in [-0.25, -0.2) is 4.98 Å². The zero-order chi connectivity index (χ0) is 17.4. The van der Waals surface area contributed by atoms with Crippen LogP contribution >= 0.6 is 11.3 Å². The molecule has 0 fully saturated rings. The minimum absolute atomic E-state index is 0.142. The van der Waals surface area contributed by atoms with Crippen molar-refractivity contribution < 1.29 is 10.0 Å². The summed E-state index contributed by atoms with van der Waals surface area (Å²) in [5.41, 5.74) is 2.15. The number of nitrogens with zero attached hydrogens (tertiary/aromatic N) is 2. The van der Waals surface area contributed by atoms with Crippen LogP contribution in [0, 0.1) is 11.3 Å². The van der Waals surface area contributed by atoms with E-state index in [4.69, 9.17) is 0 Å². The second kappa shape index (κ2) is 9.21. The largest absolute Gasteiger partial charge is 0.506 e. The van der Waals surface area contributed by atoms with Crippen molar-refractivity contribution >= 4 is 16.9 Å². The van der Waals surface area contributed by atoms with E-state index < -0.39 is 0 Å². The number of hydrogen-bond acceptors (Lipinski definition) is 4. The molecule has 0 saturated carbocycles. The van der Waals surface area contributed by atoms with Crippen LogP contribution in [0.15, 0.2) is 41.5 Å². The molecule has 0 aliphatic rings. The van der Waals surface area contributed by atoms with Crippen LogP contribution in [0.25, 0.3) is 16.8 Å². The van der Waals surface area contributed by atoms with Crippen LogP contribution in [-0.4, -0.2) is 29.7 Å². The summed E-state index contributed by atoms with van der Waals surface area (Å²) in [5, 5.41) is 22.5. The Bertz CT molecular complexity index is 710. The predicted octanol–water partition coefficient (Wildman–Crippen LogP) is 3.31. The van der Waals surface area contributed by atoms with Crippen molar-refractivity contribution in [2.24, 2.45) is 0 Å². The van der Waals surface area contributed by atoms with Crippen LogP contribution in [0.5, 0.6) is 0 Å². The summed E-state index contributed by atoms with van der Waals surface area (Å²) in [5.74, 6) is 0.142. The van der Waals surface area contributed by atoms with Gasteiger partial charge in [0.05, 0.1) is 18.8 Å². The molecule has 5 heteroatoms. The lowest BCUT2D eigenvalue weighted by molar-refractivity contribution is -0.896. The average molecular weight is 342 g/mol. The number of nitrogens with one attached hydrogen (secondary N) is 1. The highest BCUT2D eigenvalue weighted by atomic mass is 32.1. The normalized spacial score (nSPS) is 12.1. The number of allylic oxidation sites excluding steroid dienone is 1. The van der Waals surface area contributed by atoms with Crippen LogP contribution in [0.1, 0.15) is 31.7 Å². The molecule has 0 saturated heterocycles. The van der Waals surface area contributed by atoms with Gasteiger partial charge in [0, 0.05) is 10.9 Å². The van der Waals surface area contributed by atoms with Gasteiger partial charge in [0.15, 0.2) is 5.76 Å². The Labute approximate surface area is 147 Å². The lowest BCUT2D eigenvalue weighted by Crippen LogP contribution is -3.12. The molecule has 0 atom stereocenters. The molecule has 0 spiro atoms. The van der Waals surface area contributed by atoms with Gasteiger partial charge < -0.3 is 10.0 Å². The molecular formula is C19H24N3OS+. The van der Waals surface area contributed by atoms with E-state index in [-0.39, 0.29) is 5.76 Å². The minimum Gasteiger partial charge on any atom is -0.506 e. The molecule has 0 aliphatic carbocycles. The summed E-state index contributed by atoms with van der Waals surface area (Å²) in [7, 11) is 0. The quantitative estimate of drug-likeness (QED) is 0.571. The first-order valence-electron chi connectivity index (χ1n) is 8.36. The summed E-state index contributed by atoms with van der Waals surface area (Å²) in [6.07, 6.45) is 2.11. The van der Waals surface area contributed by atoms with Crippen molar-refractivity contribution in [3.63, 3.8) is 0 Å². The Morgan fingerprint density at radius 1 is 1.21 bits per heavy atom. The molecule has 2 aromatic rings. The van der Waals surface area contributed by atoms with Crippen molar-refractivity contribution in [3.05, 3.63) is 46.5 Å². The highest BCUT2D eigenvalue weighted by Gasteiger charge is 2.17. The number of aliphatic hydroxyl groups excluding tert-OH is 1. The van der Waals surface area contributed by atoms with Crippen molar-refractivity contribution in [1.29, 1.82) is 5.26 Å². The first-order chi connectivity index (χ1) is 11.7. The number of nitriles is 1. The van der Waals surface area contributed by atoms with Gasteiger partial charge in [0.1, 0.15) is 23.2 Å². The van der Waals surface area contributed by atoms with E-state index in [0.717, 1.165) is 37.2 Å². The first kappa shape index (κ1) is 18.2. The van der Waals surface area contributed by atoms with E-state index in [0.29, 0.717) is 17.1 Å². The molecule has 2 N–H and O–H groups in total. The summed E-state index contributed by atoms with van der Waals surface area (Å²) < 4.78 is 0. The fourth-order valence-electron chi connectivity index (χ4n) is 2.70. The summed E-state index contributed by atoms with van der Waals surface area (Å²) >= 11 is 1.40. The fourth-order valence-corrected chi connectivity index (χ4v) is 3.54. The lowest BCUT2D eigenvalue weighted by Gasteiger charge is -2.17. The Balaban J connectivity index is 2.24. The van der Waals surface area contributed by atoms with Crippen LogP contribution < -0.4 is 4.90 Å². The zero-order valence-corrected chi connectivity index (χ0v) is 15.1. The van der Waals surface area contributed by atoms with Gasteiger partial charge >= 0.3 is 0 Å². The summed E-state index contributed by atoms with van der Waals surface area (Å²) in [6.45, 7) is 6.72. The van der Waals surface area contributed by atoms with Crippen LogP contribution in [0.3, 0.4) is 0 Å². The fraction of sp³-hybridized carbons (Fsp3) is 0.368. The average Bonchev–Trinajstić information content (AvgIpc) is 3.06. The Morgan fingerprint density at radius 3 is 2.46 bits per heavy atom. The van der Waals surface area contributed by atoms with Gasteiger partial charge in [0.2, 0.25) is 0 Å². The Morgan fingerprint density at radius 2 is 1.88 bits per heavy atom. The predicted molar refractivity (Wildman–Crippen MR) is 98.9 cm³/mol. The second-order valence-corrected chi connectivity index (χ2v) is 6.62. The maximum absolute atomic E-state index is 10.5. The third-order valence-electron chi connectivity index (χ3n) is 3.81. The molecule has 126 valence electrons. The van der Waals surface area contributed by atoms with E-state index in [1.54, 1.807) is 0 Å². The maximum atomic E-state index is 10.5. The minimum atomic E-state index is 0.142. The topological polar surface area (TPSA) is 61.4 Å². The molecule has 4 nitrogen and oxygen atoms in total. The first-order valence-corrected chi connectivity index (χ1v) is 9.24. The number of aromatic nitrogens is 1. The number of hydrogen-bond donors (Lipinski definition) is 2. The molecule has 1 aromatic carbocycles. The molecule has 1 aromatic heterocycles. The number of benzene rings is 1. The van der Waals surface area contributed by atoms with Crippen molar-refractivity contribution in [2.45, 2.75) is 26.7 Å². The third-order valence-corrected chi connectivity index (χ3v) is 4.67. The third kappa shape index (κ3) is 4.67. The van der Waals surface area contributed by atoms with Crippen LogP contribution in [0.2, 0.25) is 0 Å². The van der Waals surface area contributed by atoms with Gasteiger partial charge in [0.25, 0.3) is 0 Å². The van der Waals surface area contributed by atoms with E-state index in [2.05, 4.69) is 24.9 Å². The number of rotatable bonds is 8. The Hall–Kier alpha value is -2.16. The standard InChI is InChI=1S/C19H23N3OS/c1-3-10-22(11-4-2)13-18(23)16(12-20)19-21-17(14-24-19)15-8-6-5-7-9-15/h5-9,14,23H,3-4,10-11,13H2,1-2H3/p+1/b18-16-. The number of thiazole rings is 1. The molecule has 0 radical (unpaired) electrons. The van der Waals surface area contributed by atoms with Gasteiger partial charge in [-0.2, -0.15) is 5.26 Å². The molecular weight excluding hydrogens is 318 g/mol. The van der Waals surface area contributed by atoms with Crippen molar-refractivity contribution in [3.8, 4) is 17.3 Å². The summed E-state index contributed by atoms with van der Waals surface area (Å²) in [6, 6.07) is 12.0. The van der Waals surface area contributed by atoms with Gasteiger partial charge in [-0.3, -0.25) is 0 Å². The van der Waals surface area contributed by atoms with Gasteiger partial charge in [-0.05, 0) is 12.8 Å². The van der Waals surface area contributed by atoms with E-state index in [1.165, 1.54) is 16.2 Å². The van der Waals surface area contributed by atoms with Gasteiger partial charge in [-0.1, -0.05) is 44.2 Å². The molecule has 0 aliphatic heterocycles. The van der Waals surface area contributed by atoms with Crippen LogP contribution in [-0.2, 0) is 0 Å². The van der Waals surface area contributed by atoms with Gasteiger partial charge in [-0.15, -0.1) is 11.3 Å². The van der Waals surface area contributed by atoms with Crippen LogP contribution in [0.4, 0.5) is 0 Å². The SMILES string of the molecule is CCC[NH+](CCC)C/C(O)=C(\C#N)c1nc(-c2ccccc2)cs1. The molecule has 24 heavy (non-hydrogen) atoms. The highest BCUT2D eigenvalue weighted by molar-refractivity contribution is 7.11. The second-order valence-electron chi connectivity index (χ2n) is 5.76. The number of quaternary nitrogens is 1. The number of aliphatic hydroxyl groups is 1. The lowest BCUT2D eigenvalue weighted by atomic mass is 10.2. The maximum Gasteiger partial charge on any atom is 0.168 e. The summed E-state index contributed by atoms with van der Waals surface area (Å²) in [4.78, 5) is 5.84. The molecule has 0 unspecified atom stereocenters. The van der Waals surface area contributed by atoms with Crippen molar-refractivity contribution in [2.75, 3.05) is 19.6 Å². The molecule has 2 rings (SSSR count). The Kier molecular flexibility index (Phi) is 6.98. The monoisotopic (exact) mass is 342 g/mol. The highest BCUT2D eigenvalue weighted by Crippen LogP contribution is 2.26. The zero-order valence-electron chi connectivity index (χ0n) is 14.2.